The first-order chi connectivity index (χ1) is 9.43. The highest BCUT2D eigenvalue weighted by Crippen LogP contribution is 2.29. The molecule has 1 saturated carbocycles. The van der Waals surface area contributed by atoms with Crippen LogP contribution in [-0.2, 0) is 4.79 Å². The van der Waals surface area contributed by atoms with Crippen LogP contribution in [-0.4, -0.2) is 36.6 Å². The van der Waals surface area contributed by atoms with Crippen molar-refractivity contribution in [1.29, 1.82) is 0 Å². The Morgan fingerprint density at radius 2 is 1.90 bits per heavy atom. The fourth-order valence-electron chi connectivity index (χ4n) is 2.99. The van der Waals surface area contributed by atoms with Crippen LogP contribution in [0.4, 0.5) is 10.1 Å². The van der Waals surface area contributed by atoms with Crippen LogP contribution in [0.5, 0.6) is 0 Å². The number of quaternary nitrogens is 1. The summed E-state index contributed by atoms with van der Waals surface area (Å²) in [6.45, 7) is 1.93. The van der Waals surface area contributed by atoms with Gasteiger partial charge in [-0.25, -0.2) is 4.39 Å². The summed E-state index contributed by atoms with van der Waals surface area (Å²) < 4.78 is 14.3. The number of halogens is 1. The number of carbonyl (C=O) groups is 1. The van der Waals surface area contributed by atoms with E-state index in [-0.39, 0.29) is 23.5 Å². The van der Waals surface area contributed by atoms with Crippen molar-refractivity contribution in [2.24, 2.45) is 0 Å². The van der Waals surface area contributed by atoms with Crippen LogP contribution < -0.4 is 5.32 Å². The van der Waals surface area contributed by atoms with E-state index < -0.39 is 0 Å². The number of hydrogen-bond donors (Lipinski definition) is 1. The van der Waals surface area contributed by atoms with Gasteiger partial charge in [0, 0.05) is 0 Å². The summed E-state index contributed by atoms with van der Waals surface area (Å²) in [5.74, 6) is -0.508. The SMILES string of the molecule is C[C@@H](C(=O)Nc1ccccc1F)[N+](C)(C)C1CCCC1. The molecule has 0 bridgehead atoms. The Morgan fingerprint density at radius 1 is 1.30 bits per heavy atom. The van der Waals surface area contributed by atoms with Crippen LogP contribution in [0.1, 0.15) is 32.6 Å². The number of benzene rings is 1. The van der Waals surface area contributed by atoms with E-state index in [2.05, 4.69) is 19.4 Å². The number of likely N-dealkylation sites (N-methyl/N-ethyl adjacent to an activating group) is 1. The highest BCUT2D eigenvalue weighted by atomic mass is 19.1. The Kier molecular flexibility index (Phi) is 4.43. The highest BCUT2D eigenvalue weighted by Gasteiger charge is 2.39. The maximum Gasteiger partial charge on any atom is 0.282 e. The maximum absolute atomic E-state index is 13.6. The summed E-state index contributed by atoms with van der Waals surface area (Å²) in [7, 11) is 4.20. The van der Waals surface area contributed by atoms with Gasteiger partial charge in [0.2, 0.25) is 0 Å². The lowest BCUT2D eigenvalue weighted by atomic mass is 10.1. The van der Waals surface area contributed by atoms with Crippen molar-refractivity contribution in [3.8, 4) is 0 Å². The van der Waals surface area contributed by atoms with Crippen molar-refractivity contribution in [2.75, 3.05) is 19.4 Å². The van der Waals surface area contributed by atoms with E-state index in [1.807, 2.05) is 6.92 Å². The Balaban J connectivity index is 2.06. The standard InChI is InChI=1S/C16H23FN2O/c1-12(19(2,3)13-8-4-5-9-13)16(20)18-15-11-7-6-10-14(15)17/h6-7,10-13H,4-5,8-9H2,1-3H3/p+1/t12-/m0/s1. The summed E-state index contributed by atoms with van der Waals surface area (Å²) in [5.41, 5.74) is 0.260. The maximum atomic E-state index is 13.6. The third-order valence-electron chi connectivity index (χ3n) is 4.78. The normalized spacial score (nSPS) is 18.0. The molecular weight excluding hydrogens is 255 g/mol. The summed E-state index contributed by atoms with van der Waals surface area (Å²) in [4.78, 5) is 12.4. The lowest BCUT2D eigenvalue weighted by molar-refractivity contribution is -0.927. The molecule has 0 spiro atoms. The molecule has 1 atom stereocenters. The summed E-state index contributed by atoms with van der Waals surface area (Å²) >= 11 is 0. The van der Waals surface area contributed by atoms with Gasteiger partial charge < -0.3 is 9.80 Å². The first-order valence-corrected chi connectivity index (χ1v) is 7.31. The zero-order valence-corrected chi connectivity index (χ0v) is 12.5. The summed E-state index contributed by atoms with van der Waals surface area (Å²) in [5, 5.41) is 2.71. The van der Waals surface area contributed by atoms with Gasteiger partial charge in [0.1, 0.15) is 5.82 Å². The molecule has 3 nitrogen and oxygen atoms in total. The third-order valence-corrected chi connectivity index (χ3v) is 4.78. The van der Waals surface area contributed by atoms with Crippen molar-refractivity contribution >= 4 is 11.6 Å². The Morgan fingerprint density at radius 3 is 2.50 bits per heavy atom. The van der Waals surface area contributed by atoms with Gasteiger partial charge in [-0.3, -0.25) is 4.79 Å². The molecule has 20 heavy (non-hydrogen) atoms. The van der Waals surface area contributed by atoms with E-state index in [9.17, 15) is 9.18 Å². The van der Waals surface area contributed by atoms with E-state index in [4.69, 9.17) is 0 Å². The van der Waals surface area contributed by atoms with Crippen LogP contribution in [0.3, 0.4) is 0 Å². The number of anilines is 1. The molecule has 0 unspecified atom stereocenters. The monoisotopic (exact) mass is 279 g/mol. The van der Waals surface area contributed by atoms with Crippen LogP contribution in [0.2, 0.25) is 0 Å². The molecule has 0 radical (unpaired) electrons. The molecule has 0 aliphatic heterocycles. The second-order valence-electron chi connectivity index (χ2n) is 6.21. The Labute approximate surface area is 120 Å². The minimum absolute atomic E-state index is 0.119. The number of carbonyl (C=O) groups excluding carboxylic acids is 1. The number of nitrogens with one attached hydrogen (secondary N) is 1. The number of para-hydroxylation sites is 1. The molecule has 110 valence electrons. The van der Waals surface area contributed by atoms with Gasteiger partial charge >= 0.3 is 0 Å². The van der Waals surface area contributed by atoms with E-state index in [1.165, 1.54) is 31.7 Å². The molecule has 4 heteroatoms. The highest BCUT2D eigenvalue weighted by molar-refractivity contribution is 5.93. The first kappa shape index (κ1) is 15.0. The van der Waals surface area contributed by atoms with Crippen LogP contribution in [0.25, 0.3) is 0 Å². The van der Waals surface area contributed by atoms with Gasteiger partial charge in [0.05, 0.1) is 25.8 Å². The van der Waals surface area contributed by atoms with Gasteiger partial charge in [-0.05, 0) is 44.7 Å². The predicted octanol–water partition coefficient (Wildman–Crippen LogP) is 3.17. The number of nitrogens with zero attached hydrogens (tertiary/aromatic N) is 1. The Bertz CT molecular complexity index is 481. The third kappa shape index (κ3) is 3.01. The second-order valence-corrected chi connectivity index (χ2v) is 6.21. The summed E-state index contributed by atoms with van der Waals surface area (Å²) in [6, 6.07) is 6.62. The van der Waals surface area contributed by atoms with Crippen LogP contribution in [0.15, 0.2) is 24.3 Å². The minimum atomic E-state index is -0.390. The lowest BCUT2D eigenvalue weighted by Gasteiger charge is -2.40. The zero-order chi connectivity index (χ0) is 14.8. The van der Waals surface area contributed by atoms with E-state index in [1.54, 1.807) is 18.2 Å². The molecule has 0 aromatic heterocycles. The average Bonchev–Trinajstić information content (AvgIpc) is 2.95. The first-order valence-electron chi connectivity index (χ1n) is 7.31. The molecular formula is C16H24FN2O+. The molecule has 1 aliphatic carbocycles. The predicted molar refractivity (Wildman–Crippen MR) is 78.9 cm³/mol. The molecule has 1 aliphatic rings. The molecule has 1 N–H and O–H groups in total. The molecule has 1 aromatic carbocycles. The average molecular weight is 279 g/mol. The number of amides is 1. The van der Waals surface area contributed by atoms with Gasteiger partial charge in [-0.2, -0.15) is 0 Å². The number of hydrogen-bond acceptors (Lipinski definition) is 1. The molecule has 1 aromatic rings. The number of rotatable bonds is 4. The fourth-order valence-corrected chi connectivity index (χ4v) is 2.99. The van der Waals surface area contributed by atoms with Crippen molar-refractivity contribution in [1.82, 2.24) is 0 Å². The van der Waals surface area contributed by atoms with Gasteiger partial charge in [0.25, 0.3) is 5.91 Å². The quantitative estimate of drug-likeness (QED) is 0.843. The van der Waals surface area contributed by atoms with Crippen LogP contribution in [0, 0.1) is 5.82 Å². The molecule has 1 amide bonds. The van der Waals surface area contributed by atoms with Crippen molar-refractivity contribution in [3.05, 3.63) is 30.1 Å². The second kappa shape index (κ2) is 5.92. The van der Waals surface area contributed by atoms with Gasteiger partial charge in [0.15, 0.2) is 6.04 Å². The molecule has 0 heterocycles. The zero-order valence-electron chi connectivity index (χ0n) is 12.5. The largest absolute Gasteiger partial charge is 0.318 e. The topological polar surface area (TPSA) is 29.1 Å². The van der Waals surface area contributed by atoms with E-state index in [0.29, 0.717) is 10.5 Å². The van der Waals surface area contributed by atoms with Gasteiger partial charge in [-0.15, -0.1) is 0 Å². The van der Waals surface area contributed by atoms with Crippen LogP contribution >= 0.6 is 0 Å². The molecule has 1 fully saturated rings. The van der Waals surface area contributed by atoms with E-state index in [0.717, 1.165) is 0 Å². The molecule has 2 rings (SSSR count). The Hall–Kier alpha value is -1.42. The van der Waals surface area contributed by atoms with Crippen molar-refractivity contribution in [3.63, 3.8) is 0 Å². The summed E-state index contributed by atoms with van der Waals surface area (Å²) in [6.07, 6.45) is 4.83. The van der Waals surface area contributed by atoms with E-state index >= 15 is 0 Å². The van der Waals surface area contributed by atoms with Crippen molar-refractivity contribution < 1.29 is 13.7 Å². The lowest BCUT2D eigenvalue weighted by Crippen LogP contribution is -2.58. The fraction of sp³-hybridized carbons (Fsp3) is 0.562. The molecule has 0 saturated heterocycles. The van der Waals surface area contributed by atoms with Gasteiger partial charge in [-0.1, -0.05) is 12.1 Å². The van der Waals surface area contributed by atoms with Crippen molar-refractivity contribution in [2.45, 2.75) is 44.7 Å². The smallest absolute Gasteiger partial charge is 0.282 e. The minimum Gasteiger partial charge on any atom is -0.318 e.